The molecular formula is C19H18O4. The molecule has 1 aromatic heterocycles. The number of hydrogen-bond donors (Lipinski definition) is 0. The van der Waals surface area contributed by atoms with Gasteiger partial charge < -0.3 is 9.15 Å². The normalized spacial score (nSPS) is 13.7. The van der Waals surface area contributed by atoms with Gasteiger partial charge in [0.15, 0.2) is 12.4 Å². The summed E-state index contributed by atoms with van der Waals surface area (Å²) in [4.78, 5) is 23.8. The zero-order valence-corrected chi connectivity index (χ0v) is 12.8. The van der Waals surface area contributed by atoms with E-state index in [9.17, 15) is 9.59 Å². The van der Waals surface area contributed by atoms with Crippen LogP contribution < -0.4 is 0 Å². The lowest BCUT2D eigenvalue weighted by molar-refractivity contribution is -0.136. The molecule has 0 atom stereocenters. The van der Waals surface area contributed by atoms with Crippen LogP contribution in [0, 0.1) is 0 Å². The van der Waals surface area contributed by atoms with E-state index in [0.29, 0.717) is 11.3 Å². The quantitative estimate of drug-likeness (QED) is 0.481. The number of Topliss-reactive ketones (excluding diaryl/α,β-unsaturated/α-hetero) is 1. The predicted octanol–water partition coefficient (Wildman–Crippen LogP) is 3.60. The lowest BCUT2D eigenvalue weighted by atomic mass is 9.90. The van der Waals surface area contributed by atoms with E-state index in [1.807, 2.05) is 18.2 Å². The van der Waals surface area contributed by atoms with Crippen LogP contribution in [-0.4, -0.2) is 18.4 Å². The predicted molar refractivity (Wildman–Crippen MR) is 86.1 cm³/mol. The van der Waals surface area contributed by atoms with E-state index in [-0.39, 0.29) is 12.4 Å². The zero-order chi connectivity index (χ0) is 16.1. The Bertz CT molecular complexity index is 726. The number of fused-ring (bicyclic) bond motifs is 1. The van der Waals surface area contributed by atoms with Gasteiger partial charge in [0.25, 0.3) is 0 Å². The number of benzene rings is 1. The zero-order valence-electron chi connectivity index (χ0n) is 12.8. The molecule has 0 spiro atoms. The fraction of sp³-hybridized carbons (Fsp3) is 0.263. The molecule has 2 aromatic rings. The molecule has 0 saturated heterocycles. The summed E-state index contributed by atoms with van der Waals surface area (Å²) in [5, 5.41) is 0. The first-order valence-electron chi connectivity index (χ1n) is 7.76. The van der Waals surface area contributed by atoms with Gasteiger partial charge in [-0.15, -0.1) is 0 Å². The number of ether oxygens (including phenoxy) is 1. The molecule has 1 heterocycles. The summed E-state index contributed by atoms with van der Waals surface area (Å²) in [6.45, 7) is -0.250. The van der Waals surface area contributed by atoms with Gasteiger partial charge in [0.1, 0.15) is 5.76 Å². The smallest absolute Gasteiger partial charge is 0.331 e. The van der Waals surface area contributed by atoms with Crippen LogP contribution in [0.3, 0.4) is 0 Å². The second kappa shape index (κ2) is 7.09. The second-order valence-corrected chi connectivity index (χ2v) is 5.57. The van der Waals surface area contributed by atoms with Gasteiger partial charge in [-0.2, -0.15) is 0 Å². The maximum absolute atomic E-state index is 12.1. The number of ketones is 1. The maximum atomic E-state index is 12.1. The fourth-order valence-electron chi connectivity index (χ4n) is 2.71. The Kier molecular flexibility index (Phi) is 4.71. The second-order valence-electron chi connectivity index (χ2n) is 5.57. The first kappa shape index (κ1) is 15.3. The summed E-state index contributed by atoms with van der Waals surface area (Å²) in [6.07, 6.45) is 8.74. The Labute approximate surface area is 134 Å². The molecule has 0 saturated carbocycles. The molecule has 0 bridgehead atoms. The van der Waals surface area contributed by atoms with Crippen molar-refractivity contribution in [2.24, 2.45) is 0 Å². The third kappa shape index (κ3) is 3.97. The first-order chi connectivity index (χ1) is 11.2. The highest BCUT2D eigenvalue weighted by molar-refractivity contribution is 5.99. The molecule has 0 unspecified atom stereocenters. The van der Waals surface area contributed by atoms with Gasteiger partial charge in [-0.05, 0) is 61.1 Å². The topological polar surface area (TPSA) is 56.5 Å². The minimum Gasteiger partial charge on any atom is -0.465 e. The van der Waals surface area contributed by atoms with E-state index >= 15 is 0 Å². The largest absolute Gasteiger partial charge is 0.465 e. The molecule has 4 heteroatoms. The molecular weight excluding hydrogens is 292 g/mol. The minimum atomic E-state index is -0.562. The number of furan rings is 1. The highest BCUT2D eigenvalue weighted by atomic mass is 16.5. The third-order valence-electron chi connectivity index (χ3n) is 3.94. The lowest BCUT2D eigenvalue weighted by Gasteiger charge is -2.16. The molecule has 4 nitrogen and oxygen atoms in total. The molecule has 0 aliphatic heterocycles. The Balaban J connectivity index is 1.56. The number of rotatable bonds is 5. The van der Waals surface area contributed by atoms with Crippen LogP contribution in [-0.2, 0) is 22.4 Å². The highest BCUT2D eigenvalue weighted by Crippen LogP contribution is 2.22. The molecule has 0 N–H and O–H groups in total. The van der Waals surface area contributed by atoms with Gasteiger partial charge >= 0.3 is 5.97 Å². The number of aryl methyl sites for hydroxylation is 2. The number of carbonyl (C=O) groups excluding carboxylic acids is 2. The van der Waals surface area contributed by atoms with Crippen LogP contribution in [0.1, 0.15) is 40.1 Å². The average molecular weight is 310 g/mol. The van der Waals surface area contributed by atoms with Crippen molar-refractivity contribution in [2.75, 3.05) is 6.61 Å². The molecule has 0 amide bonds. The summed E-state index contributed by atoms with van der Waals surface area (Å²) in [5.41, 5.74) is 3.17. The van der Waals surface area contributed by atoms with E-state index in [2.05, 4.69) is 0 Å². The number of carbonyl (C=O) groups is 2. The van der Waals surface area contributed by atoms with Crippen molar-refractivity contribution < 1.29 is 18.7 Å². The van der Waals surface area contributed by atoms with E-state index in [1.54, 1.807) is 12.1 Å². The van der Waals surface area contributed by atoms with Crippen molar-refractivity contribution in [3.63, 3.8) is 0 Å². The van der Waals surface area contributed by atoms with Crippen LogP contribution in [0.25, 0.3) is 6.08 Å². The molecule has 3 rings (SSSR count). The standard InChI is InChI=1S/C19H18O4/c20-18(13-23-19(21)10-9-17-6-3-11-22-17)16-8-7-14-4-1-2-5-15(14)12-16/h3,6-12H,1-2,4-5,13H2/b10-9+. The summed E-state index contributed by atoms with van der Waals surface area (Å²) < 4.78 is 10.1. The molecule has 23 heavy (non-hydrogen) atoms. The van der Waals surface area contributed by atoms with E-state index < -0.39 is 5.97 Å². The monoisotopic (exact) mass is 310 g/mol. The van der Waals surface area contributed by atoms with Crippen LogP contribution in [0.5, 0.6) is 0 Å². The Morgan fingerprint density at radius 2 is 1.96 bits per heavy atom. The van der Waals surface area contributed by atoms with Crippen LogP contribution in [0.15, 0.2) is 47.1 Å². The van der Waals surface area contributed by atoms with Crippen molar-refractivity contribution in [1.29, 1.82) is 0 Å². The molecule has 1 aliphatic carbocycles. The van der Waals surface area contributed by atoms with Crippen molar-refractivity contribution >= 4 is 17.8 Å². The van der Waals surface area contributed by atoms with Gasteiger partial charge in [-0.1, -0.05) is 12.1 Å². The van der Waals surface area contributed by atoms with Gasteiger partial charge in [0.05, 0.1) is 6.26 Å². The molecule has 1 aliphatic rings. The SMILES string of the molecule is O=C(/C=C/c1ccco1)OCC(=O)c1ccc2c(c1)CCCC2. The van der Waals surface area contributed by atoms with Crippen LogP contribution in [0.2, 0.25) is 0 Å². The summed E-state index contributed by atoms with van der Waals surface area (Å²) >= 11 is 0. The Hall–Kier alpha value is -2.62. The Morgan fingerprint density at radius 3 is 2.74 bits per heavy atom. The molecule has 0 radical (unpaired) electrons. The van der Waals surface area contributed by atoms with E-state index in [4.69, 9.17) is 9.15 Å². The summed E-state index contributed by atoms with van der Waals surface area (Å²) in [5.74, 6) is -0.186. The van der Waals surface area contributed by atoms with Crippen molar-refractivity contribution in [2.45, 2.75) is 25.7 Å². The van der Waals surface area contributed by atoms with E-state index in [0.717, 1.165) is 19.3 Å². The van der Waals surface area contributed by atoms with Crippen molar-refractivity contribution in [3.05, 3.63) is 65.1 Å². The highest BCUT2D eigenvalue weighted by Gasteiger charge is 2.13. The third-order valence-corrected chi connectivity index (χ3v) is 3.94. The van der Waals surface area contributed by atoms with Crippen molar-refractivity contribution in [1.82, 2.24) is 0 Å². The van der Waals surface area contributed by atoms with Gasteiger partial charge in [0, 0.05) is 11.6 Å². The minimum absolute atomic E-state index is 0.182. The van der Waals surface area contributed by atoms with Gasteiger partial charge in [-0.3, -0.25) is 4.79 Å². The van der Waals surface area contributed by atoms with Gasteiger partial charge in [0.2, 0.25) is 0 Å². The fourth-order valence-corrected chi connectivity index (χ4v) is 2.71. The molecule has 118 valence electrons. The summed E-state index contributed by atoms with van der Waals surface area (Å²) in [6, 6.07) is 9.22. The van der Waals surface area contributed by atoms with Crippen LogP contribution in [0.4, 0.5) is 0 Å². The number of hydrogen-bond acceptors (Lipinski definition) is 4. The van der Waals surface area contributed by atoms with Crippen molar-refractivity contribution in [3.8, 4) is 0 Å². The molecule has 0 fully saturated rings. The van der Waals surface area contributed by atoms with Crippen LogP contribution >= 0.6 is 0 Å². The Morgan fingerprint density at radius 1 is 1.13 bits per heavy atom. The maximum Gasteiger partial charge on any atom is 0.331 e. The lowest BCUT2D eigenvalue weighted by Crippen LogP contribution is -2.13. The van der Waals surface area contributed by atoms with Gasteiger partial charge in [-0.25, -0.2) is 4.79 Å². The molecule has 1 aromatic carbocycles. The summed E-state index contributed by atoms with van der Waals surface area (Å²) in [7, 11) is 0. The first-order valence-corrected chi connectivity index (χ1v) is 7.76. The average Bonchev–Trinajstić information content (AvgIpc) is 3.11. The van der Waals surface area contributed by atoms with E-state index in [1.165, 1.54) is 36.0 Å². The number of esters is 1.